The molecule has 1 saturated carbocycles. The lowest BCUT2D eigenvalue weighted by atomic mass is 10.2. The Balaban J connectivity index is 1.56. The first-order valence-electron chi connectivity index (χ1n) is 7.75. The summed E-state index contributed by atoms with van der Waals surface area (Å²) in [5, 5.41) is 0. The highest BCUT2D eigenvalue weighted by Crippen LogP contribution is 2.31. The molecule has 6 heteroatoms. The van der Waals surface area contributed by atoms with Crippen molar-refractivity contribution in [1.82, 2.24) is 9.80 Å². The van der Waals surface area contributed by atoms with Crippen LogP contribution in [0.1, 0.15) is 18.4 Å². The van der Waals surface area contributed by atoms with Crippen molar-refractivity contribution in [2.45, 2.75) is 12.8 Å². The van der Waals surface area contributed by atoms with Gasteiger partial charge in [0.25, 0.3) is 0 Å². The minimum absolute atomic E-state index is 0.150. The second kappa shape index (κ2) is 6.83. The largest absolute Gasteiger partial charge is 0.339 e. The molecule has 4 nitrogen and oxygen atoms in total. The summed E-state index contributed by atoms with van der Waals surface area (Å²) < 4.78 is 14.4. The van der Waals surface area contributed by atoms with Crippen LogP contribution in [0.25, 0.3) is 6.08 Å². The lowest BCUT2D eigenvalue weighted by Crippen LogP contribution is -2.50. The fourth-order valence-corrected chi connectivity index (χ4v) is 3.02. The highest BCUT2D eigenvalue weighted by Gasteiger charge is 2.34. The van der Waals surface area contributed by atoms with Crippen molar-refractivity contribution in [2.24, 2.45) is 5.92 Å². The number of carbonyl (C=O) groups is 2. The van der Waals surface area contributed by atoms with E-state index >= 15 is 0 Å². The minimum atomic E-state index is -0.364. The Morgan fingerprint density at radius 3 is 2.43 bits per heavy atom. The Morgan fingerprint density at radius 2 is 1.78 bits per heavy atom. The van der Waals surface area contributed by atoms with Gasteiger partial charge in [0.2, 0.25) is 11.8 Å². The van der Waals surface area contributed by atoms with E-state index in [4.69, 9.17) is 0 Å². The molecule has 1 aromatic rings. The average Bonchev–Trinajstić information content (AvgIpc) is 3.40. The quantitative estimate of drug-likeness (QED) is 0.756. The fourth-order valence-electron chi connectivity index (χ4n) is 2.64. The first-order chi connectivity index (χ1) is 11.0. The van der Waals surface area contributed by atoms with Crippen molar-refractivity contribution in [1.29, 1.82) is 0 Å². The molecule has 122 valence electrons. The van der Waals surface area contributed by atoms with Crippen LogP contribution in [-0.4, -0.2) is 47.8 Å². The zero-order chi connectivity index (χ0) is 16.4. The van der Waals surface area contributed by atoms with Gasteiger partial charge in [-0.3, -0.25) is 9.59 Å². The summed E-state index contributed by atoms with van der Waals surface area (Å²) in [6.45, 7) is 2.23. The van der Waals surface area contributed by atoms with E-state index in [1.807, 2.05) is 4.90 Å². The van der Waals surface area contributed by atoms with Crippen molar-refractivity contribution >= 4 is 33.8 Å². The van der Waals surface area contributed by atoms with E-state index < -0.39 is 0 Å². The highest BCUT2D eigenvalue weighted by atomic mass is 79.9. The molecular formula is C17H18BrFN2O2. The van der Waals surface area contributed by atoms with Crippen LogP contribution in [-0.2, 0) is 9.59 Å². The SMILES string of the molecule is O=C(/C=C/c1cc(Br)ccc1F)N1CCN(C(=O)C2CC2)CC1. The Bertz CT molecular complexity index is 650. The molecule has 1 heterocycles. The number of hydrogen-bond donors (Lipinski definition) is 0. The molecule has 1 aliphatic heterocycles. The van der Waals surface area contributed by atoms with E-state index in [0.29, 0.717) is 31.7 Å². The van der Waals surface area contributed by atoms with Crippen molar-refractivity contribution in [3.63, 3.8) is 0 Å². The Kier molecular flexibility index (Phi) is 4.80. The molecule has 2 amide bonds. The summed E-state index contributed by atoms with van der Waals surface area (Å²) in [7, 11) is 0. The molecule has 3 rings (SSSR count). The molecule has 0 bridgehead atoms. The number of benzene rings is 1. The van der Waals surface area contributed by atoms with Crippen molar-refractivity contribution in [3.05, 3.63) is 40.1 Å². The van der Waals surface area contributed by atoms with E-state index in [-0.39, 0.29) is 23.5 Å². The van der Waals surface area contributed by atoms with Gasteiger partial charge in [-0.15, -0.1) is 0 Å². The van der Waals surface area contributed by atoms with Gasteiger partial charge in [-0.25, -0.2) is 4.39 Å². The van der Waals surface area contributed by atoms with Crippen LogP contribution in [0.4, 0.5) is 4.39 Å². The van der Waals surface area contributed by atoms with Gasteiger partial charge in [-0.05, 0) is 37.1 Å². The lowest BCUT2D eigenvalue weighted by molar-refractivity contribution is -0.138. The first-order valence-corrected chi connectivity index (χ1v) is 8.55. The smallest absolute Gasteiger partial charge is 0.246 e. The van der Waals surface area contributed by atoms with E-state index in [1.54, 1.807) is 17.0 Å². The number of halogens is 2. The minimum Gasteiger partial charge on any atom is -0.339 e. The number of hydrogen-bond acceptors (Lipinski definition) is 2. The molecule has 1 aliphatic carbocycles. The Morgan fingerprint density at radius 1 is 1.13 bits per heavy atom. The van der Waals surface area contributed by atoms with E-state index in [2.05, 4.69) is 15.9 Å². The van der Waals surface area contributed by atoms with Gasteiger partial charge in [0, 0.05) is 48.2 Å². The maximum Gasteiger partial charge on any atom is 0.246 e. The topological polar surface area (TPSA) is 40.6 Å². The maximum atomic E-state index is 13.6. The van der Waals surface area contributed by atoms with Crippen LogP contribution < -0.4 is 0 Å². The summed E-state index contributed by atoms with van der Waals surface area (Å²) in [6, 6.07) is 4.60. The van der Waals surface area contributed by atoms with Gasteiger partial charge < -0.3 is 9.80 Å². The third-order valence-corrected chi connectivity index (χ3v) is 4.69. The molecule has 0 radical (unpaired) electrons. The van der Waals surface area contributed by atoms with E-state index in [0.717, 1.165) is 17.3 Å². The normalized spacial score (nSPS) is 18.5. The van der Waals surface area contributed by atoms with E-state index in [1.165, 1.54) is 18.2 Å². The van der Waals surface area contributed by atoms with Crippen molar-refractivity contribution in [3.8, 4) is 0 Å². The summed E-state index contributed by atoms with van der Waals surface area (Å²) in [6.07, 6.45) is 4.88. The Labute approximate surface area is 143 Å². The molecular weight excluding hydrogens is 363 g/mol. The van der Waals surface area contributed by atoms with Gasteiger partial charge >= 0.3 is 0 Å². The fraction of sp³-hybridized carbons (Fsp3) is 0.412. The second-order valence-electron chi connectivity index (χ2n) is 5.92. The maximum absolute atomic E-state index is 13.6. The lowest BCUT2D eigenvalue weighted by Gasteiger charge is -2.34. The summed E-state index contributed by atoms with van der Waals surface area (Å²) >= 11 is 3.28. The molecule has 1 aromatic carbocycles. The molecule has 0 N–H and O–H groups in total. The van der Waals surface area contributed by atoms with Gasteiger partial charge in [0.05, 0.1) is 0 Å². The number of carbonyl (C=O) groups excluding carboxylic acids is 2. The van der Waals surface area contributed by atoms with Crippen LogP contribution in [0.15, 0.2) is 28.7 Å². The van der Waals surface area contributed by atoms with Gasteiger partial charge in [-0.2, -0.15) is 0 Å². The standard InChI is InChI=1S/C17H18BrFN2O2/c18-14-4-5-15(19)13(11-14)3-6-16(22)20-7-9-21(10-8-20)17(23)12-1-2-12/h3-6,11-12H,1-2,7-10H2/b6-3+. The third-order valence-electron chi connectivity index (χ3n) is 4.19. The number of rotatable bonds is 3. The van der Waals surface area contributed by atoms with Crippen LogP contribution in [0.3, 0.4) is 0 Å². The summed E-state index contributed by atoms with van der Waals surface area (Å²) in [5.41, 5.74) is 0.371. The number of amides is 2. The predicted molar refractivity (Wildman–Crippen MR) is 89.0 cm³/mol. The van der Waals surface area contributed by atoms with Crippen LogP contribution in [0.5, 0.6) is 0 Å². The zero-order valence-corrected chi connectivity index (χ0v) is 14.3. The van der Waals surface area contributed by atoms with E-state index in [9.17, 15) is 14.0 Å². The molecule has 23 heavy (non-hydrogen) atoms. The molecule has 2 fully saturated rings. The zero-order valence-electron chi connectivity index (χ0n) is 12.7. The molecule has 0 spiro atoms. The monoisotopic (exact) mass is 380 g/mol. The van der Waals surface area contributed by atoms with Crippen LogP contribution in [0.2, 0.25) is 0 Å². The molecule has 0 atom stereocenters. The average molecular weight is 381 g/mol. The molecule has 1 saturated heterocycles. The number of piperazine rings is 1. The molecule has 2 aliphatic rings. The summed E-state index contributed by atoms with van der Waals surface area (Å²) in [5.74, 6) is -0.0690. The molecule has 0 unspecified atom stereocenters. The molecule has 0 aromatic heterocycles. The predicted octanol–water partition coefficient (Wildman–Crippen LogP) is 2.68. The van der Waals surface area contributed by atoms with Gasteiger partial charge in [-0.1, -0.05) is 15.9 Å². The number of nitrogens with zero attached hydrogens (tertiary/aromatic N) is 2. The highest BCUT2D eigenvalue weighted by molar-refractivity contribution is 9.10. The second-order valence-corrected chi connectivity index (χ2v) is 6.84. The third kappa shape index (κ3) is 3.99. The summed E-state index contributed by atoms with van der Waals surface area (Å²) in [4.78, 5) is 27.7. The van der Waals surface area contributed by atoms with Gasteiger partial charge in [0.15, 0.2) is 0 Å². The van der Waals surface area contributed by atoms with Crippen molar-refractivity contribution in [2.75, 3.05) is 26.2 Å². The van der Waals surface area contributed by atoms with Crippen LogP contribution >= 0.6 is 15.9 Å². The van der Waals surface area contributed by atoms with Crippen molar-refractivity contribution < 1.29 is 14.0 Å². The van der Waals surface area contributed by atoms with Gasteiger partial charge in [0.1, 0.15) is 5.82 Å². The van der Waals surface area contributed by atoms with Crippen LogP contribution in [0, 0.1) is 11.7 Å². The Hall–Kier alpha value is -1.69. The first kappa shape index (κ1) is 16.2.